The second-order valence-corrected chi connectivity index (χ2v) is 9.86. The molecule has 0 saturated carbocycles. The van der Waals surface area contributed by atoms with Gasteiger partial charge < -0.3 is 14.5 Å². The molecule has 1 aliphatic heterocycles. The van der Waals surface area contributed by atoms with Crippen LogP contribution in [0, 0.1) is 0 Å². The SMILES string of the molecule is CCC[C@H](c1nnnn1C[C@@H]1CCCO1)N(Cc1ccccc1)Cc1cc2cc(OCC)ccc2[nH]c1=O. The minimum Gasteiger partial charge on any atom is -0.494 e. The number of aromatic nitrogens is 5. The van der Waals surface area contributed by atoms with Crippen molar-refractivity contribution in [3.63, 3.8) is 0 Å². The topological polar surface area (TPSA) is 98.2 Å². The molecule has 4 aromatic rings. The first-order valence-electron chi connectivity index (χ1n) is 13.6. The highest BCUT2D eigenvalue weighted by Crippen LogP contribution is 2.29. The van der Waals surface area contributed by atoms with Crippen LogP contribution in [-0.2, 0) is 24.4 Å². The maximum Gasteiger partial charge on any atom is 0.252 e. The van der Waals surface area contributed by atoms with Crippen LogP contribution in [0.2, 0.25) is 0 Å². The van der Waals surface area contributed by atoms with E-state index in [9.17, 15) is 4.79 Å². The van der Waals surface area contributed by atoms with Crippen molar-refractivity contribution in [2.24, 2.45) is 0 Å². The van der Waals surface area contributed by atoms with Crippen LogP contribution in [0.25, 0.3) is 10.9 Å². The van der Waals surface area contributed by atoms with Crippen molar-refractivity contribution in [3.05, 3.63) is 81.9 Å². The molecule has 2 atom stereocenters. The summed E-state index contributed by atoms with van der Waals surface area (Å²) in [5, 5.41) is 13.8. The van der Waals surface area contributed by atoms with Crippen molar-refractivity contribution >= 4 is 10.9 Å². The van der Waals surface area contributed by atoms with E-state index in [1.165, 1.54) is 5.56 Å². The van der Waals surface area contributed by atoms with Gasteiger partial charge in [0.1, 0.15) is 5.75 Å². The second kappa shape index (κ2) is 12.3. The molecule has 1 aliphatic rings. The van der Waals surface area contributed by atoms with E-state index < -0.39 is 0 Å². The summed E-state index contributed by atoms with van der Waals surface area (Å²) in [5.41, 5.74) is 2.57. The lowest BCUT2D eigenvalue weighted by Gasteiger charge is -2.31. The van der Waals surface area contributed by atoms with Gasteiger partial charge in [-0.3, -0.25) is 9.69 Å². The number of H-pyrrole nitrogens is 1. The fraction of sp³-hybridized carbons (Fsp3) is 0.448. The van der Waals surface area contributed by atoms with Crippen LogP contribution >= 0.6 is 0 Å². The number of hydrogen-bond donors (Lipinski definition) is 1. The van der Waals surface area contributed by atoms with E-state index in [0.29, 0.717) is 31.8 Å². The van der Waals surface area contributed by atoms with Crippen molar-refractivity contribution in [3.8, 4) is 5.75 Å². The van der Waals surface area contributed by atoms with E-state index in [0.717, 1.165) is 54.8 Å². The molecule has 5 rings (SSSR count). The van der Waals surface area contributed by atoms with Gasteiger partial charge in [-0.15, -0.1) is 5.10 Å². The highest BCUT2D eigenvalue weighted by atomic mass is 16.5. The molecular formula is C29H36N6O3. The van der Waals surface area contributed by atoms with Gasteiger partial charge in [0.15, 0.2) is 5.82 Å². The lowest BCUT2D eigenvalue weighted by molar-refractivity contribution is 0.0885. The quantitative estimate of drug-likeness (QED) is 0.293. The van der Waals surface area contributed by atoms with Crippen LogP contribution in [0.15, 0.2) is 59.4 Å². The number of tetrazole rings is 1. The monoisotopic (exact) mass is 516 g/mol. The lowest BCUT2D eigenvalue weighted by atomic mass is 10.1. The van der Waals surface area contributed by atoms with E-state index in [-0.39, 0.29) is 17.7 Å². The number of pyridine rings is 1. The predicted octanol–water partition coefficient (Wildman–Crippen LogP) is 4.64. The van der Waals surface area contributed by atoms with Crippen molar-refractivity contribution in [2.75, 3.05) is 13.2 Å². The highest BCUT2D eigenvalue weighted by molar-refractivity contribution is 5.80. The lowest BCUT2D eigenvalue weighted by Crippen LogP contribution is -2.33. The van der Waals surface area contributed by atoms with Crippen LogP contribution in [0.3, 0.4) is 0 Å². The molecule has 0 radical (unpaired) electrons. The Bertz CT molecular complexity index is 1380. The Morgan fingerprint density at radius 3 is 2.79 bits per heavy atom. The van der Waals surface area contributed by atoms with E-state index in [4.69, 9.17) is 9.47 Å². The molecule has 3 heterocycles. The number of aromatic amines is 1. The second-order valence-electron chi connectivity index (χ2n) is 9.86. The molecular weight excluding hydrogens is 480 g/mol. The molecule has 1 fully saturated rings. The summed E-state index contributed by atoms with van der Waals surface area (Å²) in [6.45, 7) is 7.26. The molecule has 38 heavy (non-hydrogen) atoms. The normalized spacial score (nSPS) is 16.3. The van der Waals surface area contributed by atoms with Gasteiger partial charge >= 0.3 is 0 Å². The van der Waals surface area contributed by atoms with Crippen LogP contribution in [0.4, 0.5) is 0 Å². The number of ether oxygens (including phenoxy) is 2. The summed E-state index contributed by atoms with van der Waals surface area (Å²) in [5.74, 6) is 1.60. The summed E-state index contributed by atoms with van der Waals surface area (Å²) < 4.78 is 13.5. The zero-order chi connectivity index (χ0) is 26.3. The molecule has 2 aromatic carbocycles. The maximum absolute atomic E-state index is 13.2. The Labute approximate surface area is 222 Å². The summed E-state index contributed by atoms with van der Waals surface area (Å²) >= 11 is 0. The predicted molar refractivity (Wildman–Crippen MR) is 146 cm³/mol. The first kappa shape index (κ1) is 26.1. The summed E-state index contributed by atoms with van der Waals surface area (Å²) in [6, 6.07) is 18.0. The number of nitrogens with zero attached hydrogens (tertiary/aromatic N) is 5. The van der Waals surface area contributed by atoms with E-state index >= 15 is 0 Å². The average Bonchev–Trinajstić information content (AvgIpc) is 3.61. The minimum absolute atomic E-state index is 0.0681. The van der Waals surface area contributed by atoms with Gasteiger partial charge in [-0.1, -0.05) is 43.7 Å². The van der Waals surface area contributed by atoms with Gasteiger partial charge in [-0.05, 0) is 66.4 Å². The third-order valence-corrected chi connectivity index (χ3v) is 7.07. The van der Waals surface area contributed by atoms with Crippen LogP contribution in [0.5, 0.6) is 5.75 Å². The number of hydrogen-bond acceptors (Lipinski definition) is 7. The summed E-state index contributed by atoms with van der Waals surface area (Å²) in [7, 11) is 0. The zero-order valence-corrected chi connectivity index (χ0v) is 22.2. The Hall–Kier alpha value is -3.56. The zero-order valence-electron chi connectivity index (χ0n) is 22.2. The molecule has 200 valence electrons. The first-order chi connectivity index (χ1) is 18.6. The molecule has 9 nitrogen and oxygen atoms in total. The van der Waals surface area contributed by atoms with Gasteiger partial charge in [0.05, 0.1) is 25.3 Å². The van der Waals surface area contributed by atoms with Crippen molar-refractivity contribution in [1.82, 2.24) is 30.1 Å². The molecule has 1 N–H and O–H groups in total. The molecule has 0 aliphatic carbocycles. The van der Waals surface area contributed by atoms with E-state index in [2.05, 4.69) is 44.5 Å². The molecule has 2 aromatic heterocycles. The van der Waals surface area contributed by atoms with Gasteiger partial charge in [-0.2, -0.15) is 0 Å². The molecule has 0 bridgehead atoms. The van der Waals surface area contributed by atoms with Gasteiger partial charge in [0, 0.05) is 36.2 Å². The summed E-state index contributed by atoms with van der Waals surface area (Å²) in [4.78, 5) is 18.6. The average molecular weight is 517 g/mol. The molecule has 0 amide bonds. The number of fused-ring (bicyclic) bond motifs is 1. The number of rotatable bonds is 12. The third-order valence-electron chi connectivity index (χ3n) is 7.07. The Morgan fingerprint density at radius 1 is 1.16 bits per heavy atom. The standard InChI is InChI=1S/C29H36N6O3/c1-3-9-27(28-31-32-33-35(28)20-25-12-8-15-38-25)34(18-21-10-6-5-7-11-21)19-23-16-22-17-24(37-4-2)13-14-26(22)30-29(23)36/h5-7,10-11,13-14,16-17,25,27H,3-4,8-9,12,15,18-20H2,1-2H3,(H,30,36)/t25-,27+/m0/s1. The third kappa shape index (κ3) is 6.11. The largest absolute Gasteiger partial charge is 0.494 e. The molecule has 9 heteroatoms. The molecule has 1 saturated heterocycles. The van der Waals surface area contributed by atoms with Gasteiger partial charge in [-0.25, -0.2) is 4.68 Å². The highest BCUT2D eigenvalue weighted by Gasteiger charge is 2.28. The fourth-order valence-corrected chi connectivity index (χ4v) is 5.23. The molecule has 0 unspecified atom stereocenters. The minimum atomic E-state index is -0.0890. The van der Waals surface area contributed by atoms with E-state index in [1.54, 1.807) is 0 Å². The smallest absolute Gasteiger partial charge is 0.252 e. The first-order valence-corrected chi connectivity index (χ1v) is 13.6. The fourth-order valence-electron chi connectivity index (χ4n) is 5.23. The molecule has 0 spiro atoms. The van der Waals surface area contributed by atoms with Crippen LogP contribution < -0.4 is 10.3 Å². The Balaban J connectivity index is 1.51. The van der Waals surface area contributed by atoms with Crippen molar-refractivity contribution in [1.29, 1.82) is 0 Å². The number of nitrogens with one attached hydrogen (secondary N) is 1. The summed E-state index contributed by atoms with van der Waals surface area (Å²) in [6.07, 6.45) is 4.02. The van der Waals surface area contributed by atoms with Crippen molar-refractivity contribution in [2.45, 2.75) is 71.3 Å². The Kier molecular flexibility index (Phi) is 8.45. The van der Waals surface area contributed by atoms with Crippen LogP contribution in [0.1, 0.15) is 62.5 Å². The van der Waals surface area contributed by atoms with Gasteiger partial charge in [0.25, 0.3) is 5.56 Å². The van der Waals surface area contributed by atoms with Crippen LogP contribution in [-0.4, -0.2) is 49.4 Å². The Morgan fingerprint density at radius 2 is 2.03 bits per heavy atom. The van der Waals surface area contributed by atoms with Gasteiger partial charge in [0.2, 0.25) is 0 Å². The maximum atomic E-state index is 13.2. The van der Waals surface area contributed by atoms with Crippen molar-refractivity contribution < 1.29 is 9.47 Å². The number of benzene rings is 2. The van der Waals surface area contributed by atoms with E-state index in [1.807, 2.05) is 54.1 Å².